The molecule has 3 heteroatoms. The molecule has 0 radical (unpaired) electrons. The Hall–Kier alpha value is -0.380. The van der Waals surface area contributed by atoms with Gasteiger partial charge >= 0.3 is 0 Å². The minimum atomic E-state index is 1.08. The van der Waals surface area contributed by atoms with Gasteiger partial charge in [0, 0.05) is 37.2 Å². The zero-order valence-electron chi connectivity index (χ0n) is 10.0. The van der Waals surface area contributed by atoms with Gasteiger partial charge in [0.2, 0.25) is 0 Å². The standard InChI is InChI=1S/C13H19BrN2/c1-10-11(2)13(14)4-3-12(10)9-16-7-5-15-6-8-16/h3-4,15H,5-9H2,1-2H3. The van der Waals surface area contributed by atoms with E-state index in [4.69, 9.17) is 0 Å². The molecule has 1 aliphatic heterocycles. The molecule has 2 nitrogen and oxygen atoms in total. The lowest BCUT2D eigenvalue weighted by atomic mass is 10.0. The molecule has 0 amide bonds. The lowest BCUT2D eigenvalue weighted by Crippen LogP contribution is -2.43. The molecule has 1 heterocycles. The molecule has 88 valence electrons. The molecular formula is C13H19BrN2. The van der Waals surface area contributed by atoms with Crippen LogP contribution in [0.2, 0.25) is 0 Å². The Labute approximate surface area is 106 Å². The van der Waals surface area contributed by atoms with E-state index in [1.165, 1.54) is 21.2 Å². The lowest BCUT2D eigenvalue weighted by Gasteiger charge is -2.28. The van der Waals surface area contributed by atoms with E-state index in [1.807, 2.05) is 0 Å². The summed E-state index contributed by atoms with van der Waals surface area (Å²) in [6.45, 7) is 10.0. The fourth-order valence-electron chi connectivity index (χ4n) is 2.13. The number of nitrogens with zero attached hydrogens (tertiary/aromatic N) is 1. The van der Waals surface area contributed by atoms with Crippen molar-refractivity contribution in [1.29, 1.82) is 0 Å². The van der Waals surface area contributed by atoms with Crippen LogP contribution >= 0.6 is 15.9 Å². The Balaban J connectivity index is 2.11. The van der Waals surface area contributed by atoms with E-state index >= 15 is 0 Å². The number of benzene rings is 1. The van der Waals surface area contributed by atoms with Crippen LogP contribution in [-0.4, -0.2) is 31.1 Å². The van der Waals surface area contributed by atoms with Gasteiger partial charge in [-0.1, -0.05) is 22.0 Å². The number of piperazine rings is 1. The highest BCUT2D eigenvalue weighted by atomic mass is 79.9. The van der Waals surface area contributed by atoms with Crippen LogP contribution in [0.4, 0.5) is 0 Å². The van der Waals surface area contributed by atoms with Crippen LogP contribution in [0.3, 0.4) is 0 Å². The van der Waals surface area contributed by atoms with E-state index in [9.17, 15) is 0 Å². The van der Waals surface area contributed by atoms with Gasteiger partial charge in [-0.25, -0.2) is 0 Å². The first kappa shape index (κ1) is 12.1. The monoisotopic (exact) mass is 282 g/mol. The zero-order valence-corrected chi connectivity index (χ0v) is 11.6. The summed E-state index contributed by atoms with van der Waals surface area (Å²) in [5, 5.41) is 3.39. The number of halogens is 1. The van der Waals surface area contributed by atoms with Crippen molar-refractivity contribution in [1.82, 2.24) is 10.2 Å². The van der Waals surface area contributed by atoms with Gasteiger partial charge in [0.1, 0.15) is 0 Å². The molecule has 1 saturated heterocycles. The maximum absolute atomic E-state index is 3.58. The Morgan fingerprint density at radius 1 is 1.19 bits per heavy atom. The first-order chi connectivity index (χ1) is 7.68. The highest BCUT2D eigenvalue weighted by Crippen LogP contribution is 2.23. The van der Waals surface area contributed by atoms with Gasteiger partial charge in [-0.15, -0.1) is 0 Å². The zero-order chi connectivity index (χ0) is 11.5. The summed E-state index contributed by atoms with van der Waals surface area (Å²) in [5.74, 6) is 0. The molecule has 1 N–H and O–H groups in total. The molecule has 1 aromatic carbocycles. The fourth-order valence-corrected chi connectivity index (χ4v) is 2.55. The van der Waals surface area contributed by atoms with Gasteiger partial charge in [0.05, 0.1) is 0 Å². The van der Waals surface area contributed by atoms with Crippen molar-refractivity contribution in [3.05, 3.63) is 33.3 Å². The minimum Gasteiger partial charge on any atom is -0.314 e. The van der Waals surface area contributed by atoms with Crippen LogP contribution in [0, 0.1) is 13.8 Å². The summed E-state index contributed by atoms with van der Waals surface area (Å²) in [4.78, 5) is 2.52. The van der Waals surface area contributed by atoms with Crippen molar-refractivity contribution in [2.45, 2.75) is 20.4 Å². The predicted molar refractivity (Wildman–Crippen MR) is 71.8 cm³/mol. The van der Waals surface area contributed by atoms with E-state index in [2.05, 4.69) is 52.1 Å². The van der Waals surface area contributed by atoms with Gasteiger partial charge in [-0.2, -0.15) is 0 Å². The van der Waals surface area contributed by atoms with Gasteiger partial charge in [0.15, 0.2) is 0 Å². The Bertz CT molecular complexity index is 370. The first-order valence-electron chi connectivity index (χ1n) is 5.86. The van der Waals surface area contributed by atoms with E-state index in [0.29, 0.717) is 0 Å². The van der Waals surface area contributed by atoms with Crippen molar-refractivity contribution in [3.8, 4) is 0 Å². The third-order valence-electron chi connectivity index (χ3n) is 3.44. The molecule has 1 aromatic rings. The third-order valence-corrected chi connectivity index (χ3v) is 4.30. The maximum Gasteiger partial charge on any atom is 0.0237 e. The molecule has 16 heavy (non-hydrogen) atoms. The van der Waals surface area contributed by atoms with Crippen LogP contribution in [-0.2, 0) is 6.54 Å². The van der Waals surface area contributed by atoms with Crippen LogP contribution in [0.5, 0.6) is 0 Å². The molecule has 0 bridgehead atoms. The van der Waals surface area contributed by atoms with Gasteiger partial charge in [-0.05, 0) is 36.6 Å². The highest BCUT2D eigenvalue weighted by Gasteiger charge is 2.12. The SMILES string of the molecule is Cc1c(Br)ccc(CN2CCNCC2)c1C. The van der Waals surface area contributed by atoms with Crippen LogP contribution < -0.4 is 5.32 Å². The lowest BCUT2D eigenvalue weighted by molar-refractivity contribution is 0.233. The molecule has 0 aliphatic carbocycles. The summed E-state index contributed by atoms with van der Waals surface area (Å²) < 4.78 is 1.22. The molecule has 1 fully saturated rings. The molecule has 0 atom stereocenters. The normalized spacial score (nSPS) is 17.7. The minimum absolute atomic E-state index is 1.08. The summed E-state index contributed by atoms with van der Waals surface area (Å²) in [5.41, 5.74) is 4.25. The average Bonchev–Trinajstić information content (AvgIpc) is 2.31. The van der Waals surface area contributed by atoms with E-state index < -0.39 is 0 Å². The fraction of sp³-hybridized carbons (Fsp3) is 0.538. The first-order valence-corrected chi connectivity index (χ1v) is 6.65. The highest BCUT2D eigenvalue weighted by molar-refractivity contribution is 9.10. The van der Waals surface area contributed by atoms with Crippen molar-refractivity contribution >= 4 is 15.9 Å². The summed E-state index contributed by atoms with van der Waals surface area (Å²) in [6, 6.07) is 4.41. The molecule has 0 unspecified atom stereocenters. The Morgan fingerprint density at radius 2 is 1.88 bits per heavy atom. The van der Waals surface area contributed by atoms with Crippen molar-refractivity contribution in [2.24, 2.45) is 0 Å². The average molecular weight is 283 g/mol. The molecule has 1 aliphatic rings. The van der Waals surface area contributed by atoms with Crippen molar-refractivity contribution < 1.29 is 0 Å². The smallest absolute Gasteiger partial charge is 0.0237 e. The van der Waals surface area contributed by atoms with Crippen LogP contribution in [0.25, 0.3) is 0 Å². The topological polar surface area (TPSA) is 15.3 Å². The Kier molecular flexibility index (Phi) is 4.00. The molecule has 2 rings (SSSR count). The second-order valence-corrected chi connectivity index (χ2v) is 5.34. The summed E-state index contributed by atoms with van der Waals surface area (Å²) in [6.07, 6.45) is 0. The van der Waals surface area contributed by atoms with E-state index in [0.717, 1.165) is 32.7 Å². The summed E-state index contributed by atoms with van der Waals surface area (Å²) >= 11 is 3.58. The van der Waals surface area contributed by atoms with E-state index in [1.54, 1.807) is 0 Å². The Morgan fingerprint density at radius 3 is 2.56 bits per heavy atom. The second kappa shape index (κ2) is 5.30. The van der Waals surface area contributed by atoms with Crippen LogP contribution in [0.15, 0.2) is 16.6 Å². The molecule has 0 aromatic heterocycles. The number of nitrogens with one attached hydrogen (secondary N) is 1. The molecular weight excluding hydrogens is 264 g/mol. The quantitative estimate of drug-likeness (QED) is 0.897. The van der Waals surface area contributed by atoms with Gasteiger partial charge < -0.3 is 5.32 Å². The third kappa shape index (κ3) is 2.65. The van der Waals surface area contributed by atoms with Crippen molar-refractivity contribution in [3.63, 3.8) is 0 Å². The molecule has 0 saturated carbocycles. The summed E-state index contributed by atoms with van der Waals surface area (Å²) in [7, 11) is 0. The number of hydrogen-bond acceptors (Lipinski definition) is 2. The van der Waals surface area contributed by atoms with Crippen LogP contribution in [0.1, 0.15) is 16.7 Å². The van der Waals surface area contributed by atoms with Gasteiger partial charge in [0.25, 0.3) is 0 Å². The van der Waals surface area contributed by atoms with E-state index in [-0.39, 0.29) is 0 Å². The largest absolute Gasteiger partial charge is 0.314 e. The molecule has 0 spiro atoms. The van der Waals surface area contributed by atoms with Crippen molar-refractivity contribution in [2.75, 3.05) is 26.2 Å². The van der Waals surface area contributed by atoms with Gasteiger partial charge in [-0.3, -0.25) is 4.90 Å². The second-order valence-electron chi connectivity index (χ2n) is 4.48. The predicted octanol–water partition coefficient (Wildman–Crippen LogP) is 2.47. The maximum atomic E-state index is 3.58. The number of rotatable bonds is 2. The number of hydrogen-bond donors (Lipinski definition) is 1.